The van der Waals surface area contributed by atoms with Crippen LogP contribution in [-0.2, 0) is 6.42 Å². The zero-order valence-electron chi connectivity index (χ0n) is 8.30. The highest BCUT2D eigenvalue weighted by Crippen LogP contribution is 2.35. The molecule has 1 N–H and O–H groups in total. The van der Waals surface area contributed by atoms with Crippen molar-refractivity contribution in [2.45, 2.75) is 32.2 Å². The van der Waals surface area contributed by atoms with Crippen molar-refractivity contribution in [3.05, 3.63) is 10.2 Å². The van der Waals surface area contributed by atoms with Crippen molar-refractivity contribution in [2.75, 3.05) is 11.9 Å². The maximum Gasteiger partial charge on any atom is 0.260 e. The fourth-order valence-corrected chi connectivity index (χ4v) is 2.46. The molecular formula is C9H12BrF2N3. The number of fused-ring (bicyclic) bond motifs is 1. The van der Waals surface area contributed by atoms with Crippen molar-refractivity contribution < 1.29 is 8.78 Å². The number of halogens is 3. The van der Waals surface area contributed by atoms with Crippen LogP contribution in [0.4, 0.5) is 14.6 Å². The molecule has 1 unspecified atom stereocenters. The number of hydrogen-bond acceptors (Lipinski definition) is 2. The number of nitrogens with one attached hydrogen (secondary N) is 1. The largest absolute Gasteiger partial charge is 0.369 e. The van der Waals surface area contributed by atoms with Crippen LogP contribution in [0, 0.1) is 0 Å². The van der Waals surface area contributed by atoms with Gasteiger partial charge in [0.1, 0.15) is 11.9 Å². The molecule has 0 amide bonds. The molecule has 0 aromatic carbocycles. The second-order valence-electron chi connectivity index (χ2n) is 3.52. The van der Waals surface area contributed by atoms with Crippen LogP contribution >= 0.6 is 15.9 Å². The highest BCUT2D eigenvalue weighted by atomic mass is 79.9. The molecule has 2 heterocycles. The van der Waals surface area contributed by atoms with E-state index in [1.54, 1.807) is 0 Å². The smallest absolute Gasteiger partial charge is 0.260 e. The van der Waals surface area contributed by atoms with Gasteiger partial charge in [-0.3, -0.25) is 0 Å². The van der Waals surface area contributed by atoms with Gasteiger partial charge in [-0.05, 0) is 28.8 Å². The number of hydrogen-bond donors (Lipinski definition) is 1. The van der Waals surface area contributed by atoms with Crippen molar-refractivity contribution in [2.24, 2.45) is 0 Å². The summed E-state index contributed by atoms with van der Waals surface area (Å²) in [6, 6.07) is -0.794. The molecule has 1 atom stereocenters. The summed E-state index contributed by atoms with van der Waals surface area (Å²) in [6.07, 6.45) is -1.21. The average molecular weight is 280 g/mol. The molecule has 0 spiro atoms. The summed E-state index contributed by atoms with van der Waals surface area (Å²) < 4.78 is 27.7. The van der Waals surface area contributed by atoms with Gasteiger partial charge in [-0.1, -0.05) is 6.92 Å². The van der Waals surface area contributed by atoms with Crippen molar-refractivity contribution in [1.29, 1.82) is 0 Å². The third kappa shape index (κ3) is 1.75. The minimum Gasteiger partial charge on any atom is -0.369 e. The highest BCUT2D eigenvalue weighted by molar-refractivity contribution is 9.10. The van der Waals surface area contributed by atoms with E-state index in [2.05, 4.69) is 26.3 Å². The molecule has 0 radical (unpaired) electrons. The van der Waals surface area contributed by atoms with E-state index in [4.69, 9.17) is 0 Å². The third-order valence-electron chi connectivity index (χ3n) is 2.59. The van der Waals surface area contributed by atoms with E-state index in [0.29, 0.717) is 18.8 Å². The zero-order valence-corrected chi connectivity index (χ0v) is 9.89. The van der Waals surface area contributed by atoms with Gasteiger partial charge >= 0.3 is 0 Å². The normalized spacial score (nSPS) is 20.2. The summed E-state index contributed by atoms with van der Waals surface area (Å²) in [5.74, 6) is 0.684. The second-order valence-corrected chi connectivity index (χ2v) is 4.32. The number of aromatic nitrogens is 2. The SMILES string of the molecule is CCc1nn2c(c1Br)NCCC2C(F)F. The van der Waals surface area contributed by atoms with Gasteiger partial charge in [0.15, 0.2) is 0 Å². The molecular weight excluding hydrogens is 268 g/mol. The molecule has 2 rings (SSSR count). The molecule has 0 fully saturated rings. The predicted octanol–water partition coefficient (Wildman–Crippen LogP) is 2.83. The standard InChI is InChI=1S/C9H12BrF2N3/c1-2-5-7(10)9-13-4-3-6(8(11)12)15(9)14-5/h6,8,13H,2-4H2,1H3. The van der Waals surface area contributed by atoms with Gasteiger partial charge in [0, 0.05) is 6.54 Å². The van der Waals surface area contributed by atoms with Gasteiger partial charge < -0.3 is 5.32 Å². The third-order valence-corrected chi connectivity index (χ3v) is 3.42. The summed E-state index contributed by atoms with van der Waals surface area (Å²) in [4.78, 5) is 0. The van der Waals surface area contributed by atoms with E-state index in [0.717, 1.165) is 16.6 Å². The molecule has 0 aliphatic carbocycles. The number of anilines is 1. The highest BCUT2D eigenvalue weighted by Gasteiger charge is 2.30. The molecule has 1 aromatic rings. The fraction of sp³-hybridized carbons (Fsp3) is 0.667. The first-order valence-corrected chi connectivity index (χ1v) is 5.73. The van der Waals surface area contributed by atoms with E-state index in [9.17, 15) is 8.78 Å². The quantitative estimate of drug-likeness (QED) is 0.902. The molecule has 6 heteroatoms. The van der Waals surface area contributed by atoms with E-state index in [1.807, 2.05) is 6.92 Å². The topological polar surface area (TPSA) is 29.9 Å². The molecule has 3 nitrogen and oxygen atoms in total. The summed E-state index contributed by atoms with van der Waals surface area (Å²) in [5, 5.41) is 7.29. The Morgan fingerprint density at radius 1 is 1.67 bits per heavy atom. The first kappa shape index (κ1) is 10.9. The Hall–Kier alpha value is -0.650. The first-order valence-electron chi connectivity index (χ1n) is 4.94. The Bertz CT molecular complexity index is 364. The number of alkyl halides is 2. The maximum absolute atomic E-state index is 12.7. The molecule has 84 valence electrons. The Labute approximate surface area is 95.0 Å². The monoisotopic (exact) mass is 279 g/mol. The molecule has 0 saturated heterocycles. The van der Waals surface area contributed by atoms with Gasteiger partial charge in [-0.25, -0.2) is 13.5 Å². The lowest BCUT2D eigenvalue weighted by Gasteiger charge is -2.24. The Kier molecular flexibility index (Phi) is 2.95. The predicted molar refractivity (Wildman–Crippen MR) is 57.5 cm³/mol. The van der Waals surface area contributed by atoms with Crippen LogP contribution in [0.15, 0.2) is 4.47 Å². The van der Waals surface area contributed by atoms with Crippen LogP contribution in [0.3, 0.4) is 0 Å². The van der Waals surface area contributed by atoms with E-state index >= 15 is 0 Å². The van der Waals surface area contributed by atoms with Gasteiger partial charge in [-0.2, -0.15) is 5.10 Å². The second kappa shape index (κ2) is 4.08. The van der Waals surface area contributed by atoms with Crippen molar-refractivity contribution in [1.82, 2.24) is 9.78 Å². The molecule has 1 aromatic heterocycles. The van der Waals surface area contributed by atoms with Crippen molar-refractivity contribution in [3.63, 3.8) is 0 Å². The van der Waals surface area contributed by atoms with Crippen molar-refractivity contribution >= 4 is 21.7 Å². The average Bonchev–Trinajstić information content (AvgIpc) is 2.55. The Morgan fingerprint density at radius 2 is 2.40 bits per heavy atom. The lowest BCUT2D eigenvalue weighted by Crippen LogP contribution is -2.28. The van der Waals surface area contributed by atoms with Crippen LogP contribution in [-0.4, -0.2) is 22.8 Å². The molecule has 1 aliphatic heterocycles. The van der Waals surface area contributed by atoms with Crippen LogP contribution in [0.1, 0.15) is 25.1 Å². The molecule has 0 bridgehead atoms. The number of nitrogens with zero attached hydrogens (tertiary/aromatic N) is 2. The van der Waals surface area contributed by atoms with Crippen LogP contribution in [0.25, 0.3) is 0 Å². The van der Waals surface area contributed by atoms with Crippen LogP contribution in [0.2, 0.25) is 0 Å². The molecule has 15 heavy (non-hydrogen) atoms. The van der Waals surface area contributed by atoms with Gasteiger partial charge in [-0.15, -0.1) is 0 Å². The summed E-state index contributed by atoms with van der Waals surface area (Å²) in [5.41, 5.74) is 0.824. The minimum atomic E-state index is -2.36. The lowest BCUT2D eigenvalue weighted by molar-refractivity contribution is 0.0713. The van der Waals surface area contributed by atoms with E-state index in [1.165, 1.54) is 4.68 Å². The summed E-state index contributed by atoms with van der Waals surface area (Å²) in [6.45, 7) is 2.53. The molecule has 1 aliphatic rings. The van der Waals surface area contributed by atoms with Crippen molar-refractivity contribution in [3.8, 4) is 0 Å². The number of rotatable bonds is 2. The number of aryl methyl sites for hydroxylation is 1. The van der Waals surface area contributed by atoms with Gasteiger partial charge in [0.25, 0.3) is 6.43 Å². The summed E-state index contributed by atoms with van der Waals surface area (Å²) >= 11 is 3.38. The lowest BCUT2D eigenvalue weighted by atomic mass is 10.2. The van der Waals surface area contributed by atoms with Gasteiger partial charge in [0.05, 0.1) is 10.2 Å². The minimum absolute atomic E-state index is 0.419. The Morgan fingerprint density at radius 3 is 3.00 bits per heavy atom. The Balaban J connectivity index is 2.43. The zero-order chi connectivity index (χ0) is 11.0. The summed E-state index contributed by atoms with van der Waals surface area (Å²) in [7, 11) is 0. The maximum atomic E-state index is 12.7. The first-order chi connectivity index (χ1) is 7.15. The van der Waals surface area contributed by atoms with Crippen LogP contribution < -0.4 is 5.32 Å². The van der Waals surface area contributed by atoms with E-state index in [-0.39, 0.29) is 0 Å². The van der Waals surface area contributed by atoms with Crippen LogP contribution in [0.5, 0.6) is 0 Å². The van der Waals surface area contributed by atoms with Gasteiger partial charge in [0.2, 0.25) is 0 Å². The fourth-order valence-electron chi connectivity index (χ4n) is 1.78. The van der Waals surface area contributed by atoms with E-state index < -0.39 is 12.5 Å². The molecule has 0 saturated carbocycles.